The number of aromatic nitrogens is 4. The molecular weight excluding hydrogens is 328 g/mol. The summed E-state index contributed by atoms with van der Waals surface area (Å²) in [6.45, 7) is 5.84. The molecule has 1 aromatic carbocycles. The van der Waals surface area contributed by atoms with Crippen LogP contribution in [0.1, 0.15) is 6.42 Å². The van der Waals surface area contributed by atoms with Gasteiger partial charge in [0.05, 0.1) is 18.2 Å². The van der Waals surface area contributed by atoms with Gasteiger partial charge in [0.25, 0.3) is 0 Å². The van der Waals surface area contributed by atoms with E-state index in [0.717, 1.165) is 68.4 Å². The van der Waals surface area contributed by atoms with E-state index in [0.29, 0.717) is 0 Å². The number of hydrogen-bond acceptors (Lipinski definition) is 6. The molecule has 4 rings (SSSR count). The molecule has 0 saturated carbocycles. The summed E-state index contributed by atoms with van der Waals surface area (Å²) in [6, 6.07) is 10.0. The van der Waals surface area contributed by atoms with Crippen molar-refractivity contribution in [2.24, 2.45) is 7.05 Å². The van der Waals surface area contributed by atoms with E-state index < -0.39 is 0 Å². The lowest BCUT2D eigenvalue weighted by molar-refractivity contribution is 0.224. The fraction of sp³-hybridized carbons (Fsp3) is 0.421. The monoisotopic (exact) mass is 352 g/mol. The van der Waals surface area contributed by atoms with Gasteiger partial charge in [-0.25, -0.2) is 9.97 Å². The SMILES string of the molecule is Cn1ncc2c(N3CCN(CCCOc4ccccc4)CC3)ncnc21. The third kappa shape index (κ3) is 3.62. The fourth-order valence-electron chi connectivity index (χ4n) is 3.38. The maximum atomic E-state index is 5.77. The summed E-state index contributed by atoms with van der Waals surface area (Å²) in [5, 5.41) is 5.33. The van der Waals surface area contributed by atoms with Crippen molar-refractivity contribution in [2.75, 3.05) is 44.2 Å². The second-order valence-corrected chi connectivity index (χ2v) is 6.55. The molecule has 0 N–H and O–H groups in total. The molecule has 0 aliphatic carbocycles. The van der Waals surface area contributed by atoms with E-state index in [1.165, 1.54) is 0 Å². The summed E-state index contributed by atoms with van der Waals surface area (Å²) >= 11 is 0. The van der Waals surface area contributed by atoms with E-state index in [1.807, 2.05) is 43.6 Å². The minimum absolute atomic E-state index is 0.756. The van der Waals surface area contributed by atoms with E-state index in [4.69, 9.17) is 4.74 Å². The number of benzene rings is 1. The molecule has 1 aliphatic rings. The van der Waals surface area contributed by atoms with Crippen molar-refractivity contribution in [3.8, 4) is 5.75 Å². The minimum Gasteiger partial charge on any atom is -0.494 e. The van der Waals surface area contributed by atoms with Crippen LogP contribution >= 0.6 is 0 Å². The lowest BCUT2D eigenvalue weighted by atomic mass is 10.2. The number of rotatable bonds is 6. The van der Waals surface area contributed by atoms with Crippen molar-refractivity contribution < 1.29 is 4.74 Å². The van der Waals surface area contributed by atoms with Gasteiger partial charge >= 0.3 is 0 Å². The molecule has 136 valence electrons. The van der Waals surface area contributed by atoms with Gasteiger partial charge in [-0.1, -0.05) is 18.2 Å². The number of ether oxygens (including phenoxy) is 1. The number of fused-ring (bicyclic) bond motifs is 1. The van der Waals surface area contributed by atoms with Crippen LogP contribution in [-0.4, -0.2) is 64.0 Å². The van der Waals surface area contributed by atoms with E-state index in [1.54, 1.807) is 11.0 Å². The number of piperazine rings is 1. The van der Waals surface area contributed by atoms with Gasteiger partial charge in [-0.05, 0) is 18.6 Å². The van der Waals surface area contributed by atoms with Crippen molar-refractivity contribution in [1.29, 1.82) is 0 Å². The standard InChI is InChI=1S/C19H24N6O/c1-23-18-17(14-22-23)19(21-15-20-18)25-11-9-24(10-12-25)8-5-13-26-16-6-3-2-4-7-16/h2-4,6-7,14-15H,5,8-13H2,1H3. The Balaban J connectivity index is 1.26. The third-order valence-corrected chi connectivity index (χ3v) is 4.81. The molecule has 1 fully saturated rings. The predicted molar refractivity (Wildman–Crippen MR) is 102 cm³/mol. The van der Waals surface area contributed by atoms with Crippen LogP contribution in [0.2, 0.25) is 0 Å². The van der Waals surface area contributed by atoms with Crippen molar-refractivity contribution >= 4 is 16.9 Å². The largest absolute Gasteiger partial charge is 0.494 e. The first-order chi connectivity index (χ1) is 12.8. The molecule has 0 radical (unpaired) electrons. The molecule has 3 heterocycles. The van der Waals surface area contributed by atoms with Crippen LogP contribution < -0.4 is 9.64 Å². The van der Waals surface area contributed by atoms with Gasteiger partial charge in [-0.2, -0.15) is 5.10 Å². The van der Waals surface area contributed by atoms with E-state index in [-0.39, 0.29) is 0 Å². The normalized spacial score (nSPS) is 15.5. The molecule has 1 saturated heterocycles. The van der Waals surface area contributed by atoms with Crippen molar-refractivity contribution in [1.82, 2.24) is 24.6 Å². The molecule has 1 aliphatic heterocycles. The molecule has 7 nitrogen and oxygen atoms in total. The molecular formula is C19H24N6O. The summed E-state index contributed by atoms with van der Waals surface area (Å²) in [7, 11) is 1.91. The van der Waals surface area contributed by atoms with Crippen LogP contribution in [-0.2, 0) is 7.05 Å². The smallest absolute Gasteiger partial charge is 0.163 e. The van der Waals surface area contributed by atoms with Crippen molar-refractivity contribution in [3.63, 3.8) is 0 Å². The maximum absolute atomic E-state index is 5.77. The van der Waals surface area contributed by atoms with Crippen LogP contribution in [0.15, 0.2) is 42.9 Å². The van der Waals surface area contributed by atoms with Gasteiger partial charge in [-0.3, -0.25) is 9.58 Å². The second kappa shape index (κ2) is 7.70. The van der Waals surface area contributed by atoms with E-state index in [2.05, 4.69) is 24.9 Å². The summed E-state index contributed by atoms with van der Waals surface area (Å²) in [6.07, 6.45) is 4.53. The van der Waals surface area contributed by atoms with E-state index in [9.17, 15) is 0 Å². The molecule has 2 aromatic heterocycles. The lowest BCUT2D eigenvalue weighted by Gasteiger charge is -2.35. The number of hydrogen-bond donors (Lipinski definition) is 0. The highest BCUT2D eigenvalue weighted by molar-refractivity contribution is 5.86. The number of para-hydroxylation sites is 1. The molecule has 0 amide bonds. The Morgan fingerprint density at radius 1 is 1.04 bits per heavy atom. The van der Waals surface area contributed by atoms with Crippen LogP contribution in [0, 0.1) is 0 Å². The summed E-state index contributed by atoms with van der Waals surface area (Å²) in [5.41, 5.74) is 0.885. The molecule has 26 heavy (non-hydrogen) atoms. The number of anilines is 1. The average Bonchev–Trinajstić information content (AvgIpc) is 3.08. The van der Waals surface area contributed by atoms with Crippen LogP contribution in [0.5, 0.6) is 5.75 Å². The molecule has 7 heteroatoms. The molecule has 3 aromatic rings. The van der Waals surface area contributed by atoms with Gasteiger partial charge in [0.15, 0.2) is 5.65 Å². The first kappa shape index (κ1) is 16.8. The van der Waals surface area contributed by atoms with Crippen molar-refractivity contribution in [2.45, 2.75) is 6.42 Å². The fourth-order valence-corrected chi connectivity index (χ4v) is 3.38. The lowest BCUT2D eigenvalue weighted by Crippen LogP contribution is -2.47. The van der Waals surface area contributed by atoms with Crippen LogP contribution in [0.4, 0.5) is 5.82 Å². The minimum atomic E-state index is 0.756. The van der Waals surface area contributed by atoms with E-state index >= 15 is 0 Å². The second-order valence-electron chi connectivity index (χ2n) is 6.55. The average molecular weight is 352 g/mol. The zero-order chi connectivity index (χ0) is 17.8. The first-order valence-electron chi connectivity index (χ1n) is 9.09. The van der Waals surface area contributed by atoms with Crippen LogP contribution in [0.3, 0.4) is 0 Å². The molecule has 0 spiro atoms. The Labute approximate surface area is 153 Å². The highest BCUT2D eigenvalue weighted by atomic mass is 16.5. The Hall–Kier alpha value is -2.67. The highest BCUT2D eigenvalue weighted by Gasteiger charge is 2.20. The predicted octanol–water partition coefficient (Wildman–Crippen LogP) is 1.95. The third-order valence-electron chi connectivity index (χ3n) is 4.81. The summed E-state index contributed by atoms with van der Waals surface area (Å²) in [4.78, 5) is 13.7. The van der Waals surface area contributed by atoms with Gasteiger partial charge < -0.3 is 9.64 Å². The Morgan fingerprint density at radius 2 is 1.85 bits per heavy atom. The topological polar surface area (TPSA) is 59.3 Å². The Kier molecular flexibility index (Phi) is 4.97. The summed E-state index contributed by atoms with van der Waals surface area (Å²) < 4.78 is 7.57. The van der Waals surface area contributed by atoms with Crippen molar-refractivity contribution in [3.05, 3.63) is 42.9 Å². The quantitative estimate of drug-likeness (QED) is 0.632. The maximum Gasteiger partial charge on any atom is 0.163 e. The molecule has 0 atom stereocenters. The van der Waals surface area contributed by atoms with Gasteiger partial charge in [-0.15, -0.1) is 0 Å². The van der Waals surface area contributed by atoms with Crippen LogP contribution in [0.25, 0.3) is 11.0 Å². The van der Waals surface area contributed by atoms with Gasteiger partial charge in [0.2, 0.25) is 0 Å². The number of nitrogens with zero attached hydrogens (tertiary/aromatic N) is 6. The Morgan fingerprint density at radius 3 is 2.65 bits per heavy atom. The highest BCUT2D eigenvalue weighted by Crippen LogP contribution is 2.23. The van der Waals surface area contributed by atoms with Gasteiger partial charge in [0, 0.05) is 39.8 Å². The molecule has 0 unspecified atom stereocenters. The zero-order valence-electron chi connectivity index (χ0n) is 15.1. The molecule has 0 bridgehead atoms. The van der Waals surface area contributed by atoms with Gasteiger partial charge in [0.1, 0.15) is 17.9 Å². The summed E-state index contributed by atoms with van der Waals surface area (Å²) in [5.74, 6) is 1.94. The number of aryl methyl sites for hydroxylation is 1. The Bertz CT molecular complexity index is 842. The zero-order valence-corrected chi connectivity index (χ0v) is 15.1. The first-order valence-corrected chi connectivity index (χ1v) is 9.09.